The van der Waals surface area contributed by atoms with E-state index in [0.717, 1.165) is 17.7 Å². The second-order valence-corrected chi connectivity index (χ2v) is 7.39. The molecule has 0 saturated heterocycles. The summed E-state index contributed by atoms with van der Waals surface area (Å²) in [5, 5.41) is 8.90. The quantitative estimate of drug-likeness (QED) is 0.631. The second-order valence-electron chi connectivity index (χ2n) is 6.59. The molecular formula is C20H14BrF3O4. The van der Waals surface area contributed by atoms with Crippen LogP contribution in [0.2, 0.25) is 0 Å². The number of fused-ring (bicyclic) bond motifs is 2. The predicted molar refractivity (Wildman–Crippen MR) is 98.4 cm³/mol. The van der Waals surface area contributed by atoms with E-state index in [1.807, 2.05) is 0 Å². The van der Waals surface area contributed by atoms with Crippen LogP contribution >= 0.6 is 15.9 Å². The molecule has 2 aromatic carbocycles. The molecule has 1 atom stereocenters. The van der Waals surface area contributed by atoms with Crippen LogP contribution in [-0.4, -0.2) is 17.7 Å². The molecule has 4 rings (SSSR count). The Morgan fingerprint density at radius 1 is 1.29 bits per heavy atom. The van der Waals surface area contributed by atoms with Crippen LogP contribution in [0, 0.1) is 0 Å². The van der Waals surface area contributed by atoms with Crippen LogP contribution < -0.4 is 9.47 Å². The van der Waals surface area contributed by atoms with E-state index < -0.39 is 17.7 Å². The zero-order valence-corrected chi connectivity index (χ0v) is 15.9. The lowest BCUT2D eigenvalue weighted by atomic mass is 10.0. The molecule has 28 heavy (non-hydrogen) atoms. The number of halogens is 4. The molecule has 1 N–H and O–H groups in total. The van der Waals surface area contributed by atoms with E-state index in [9.17, 15) is 18.0 Å². The van der Waals surface area contributed by atoms with Crippen molar-refractivity contribution in [2.24, 2.45) is 0 Å². The smallest absolute Gasteiger partial charge is 0.417 e. The number of alkyl halides is 3. The Bertz CT molecular complexity index is 998. The fraction of sp³-hybridized carbons (Fsp3) is 0.250. The summed E-state index contributed by atoms with van der Waals surface area (Å²) in [4.78, 5) is 10.9. The fourth-order valence-electron chi connectivity index (χ4n) is 3.59. The number of hydrogen-bond donors (Lipinski definition) is 1. The minimum absolute atomic E-state index is 0.0735. The molecule has 1 heterocycles. The van der Waals surface area contributed by atoms with Gasteiger partial charge in [0.1, 0.15) is 24.2 Å². The van der Waals surface area contributed by atoms with Crippen molar-refractivity contribution in [3.8, 4) is 11.5 Å². The molecule has 0 aromatic heterocycles. The Hall–Kier alpha value is -2.48. The average molecular weight is 455 g/mol. The molecule has 2 aromatic rings. The van der Waals surface area contributed by atoms with Crippen molar-refractivity contribution in [1.29, 1.82) is 0 Å². The van der Waals surface area contributed by atoms with Gasteiger partial charge in [0.05, 0.1) is 5.56 Å². The minimum Gasteiger partial charge on any atom is -0.488 e. The summed E-state index contributed by atoms with van der Waals surface area (Å²) in [6.45, 7) is 0.171. The molecule has 8 heteroatoms. The number of carboxylic acids is 1. The first kappa shape index (κ1) is 18.9. The molecule has 0 fully saturated rings. The lowest BCUT2D eigenvalue weighted by Crippen LogP contribution is -2.09. The van der Waals surface area contributed by atoms with Gasteiger partial charge in [0.2, 0.25) is 0 Å². The number of rotatable bonds is 3. The molecule has 0 unspecified atom stereocenters. The molecule has 0 spiro atoms. The number of carboxylic acid groups (broad SMARTS) is 1. The first-order valence-electron chi connectivity index (χ1n) is 8.50. The number of hydrogen-bond acceptors (Lipinski definition) is 3. The van der Waals surface area contributed by atoms with Crippen LogP contribution in [0.15, 0.2) is 40.9 Å². The number of carbonyl (C=O) groups is 1. The lowest BCUT2D eigenvalue weighted by Gasteiger charge is -2.17. The van der Waals surface area contributed by atoms with Crippen molar-refractivity contribution in [2.75, 3.05) is 6.61 Å². The van der Waals surface area contributed by atoms with E-state index >= 15 is 0 Å². The van der Waals surface area contributed by atoms with Crippen LogP contribution in [0.1, 0.15) is 34.8 Å². The van der Waals surface area contributed by atoms with E-state index in [4.69, 9.17) is 14.6 Å². The average Bonchev–Trinajstić information content (AvgIpc) is 3.19. The van der Waals surface area contributed by atoms with E-state index in [-0.39, 0.29) is 17.2 Å². The highest BCUT2D eigenvalue weighted by atomic mass is 79.9. The number of aliphatic carboxylic acids is 1. The molecule has 0 saturated carbocycles. The monoisotopic (exact) mass is 454 g/mol. The van der Waals surface area contributed by atoms with Gasteiger partial charge in [0.25, 0.3) is 0 Å². The van der Waals surface area contributed by atoms with Gasteiger partial charge in [-0.2, -0.15) is 13.2 Å². The fourth-order valence-corrected chi connectivity index (χ4v) is 4.37. The maximum Gasteiger partial charge on any atom is 0.417 e. The van der Waals surface area contributed by atoms with Crippen LogP contribution in [0.5, 0.6) is 11.5 Å². The SMILES string of the molecule is O=C(O)/C=C1\COc2cc(O[C@@H]3CCc4c3ccc(C(F)(F)F)c4Br)ccc21. The Labute approximate surface area is 166 Å². The molecule has 0 radical (unpaired) electrons. The van der Waals surface area contributed by atoms with Gasteiger partial charge < -0.3 is 14.6 Å². The maximum absolute atomic E-state index is 13.1. The third-order valence-corrected chi connectivity index (χ3v) is 5.75. The molecule has 2 aliphatic rings. The molecule has 0 amide bonds. The topological polar surface area (TPSA) is 55.8 Å². The molecule has 1 aliphatic heterocycles. The van der Waals surface area contributed by atoms with E-state index in [2.05, 4.69) is 15.9 Å². The minimum atomic E-state index is -4.41. The van der Waals surface area contributed by atoms with Gasteiger partial charge in [0.15, 0.2) is 0 Å². The predicted octanol–water partition coefficient (Wildman–Crippen LogP) is 5.39. The van der Waals surface area contributed by atoms with Gasteiger partial charge in [-0.3, -0.25) is 0 Å². The second kappa shape index (κ2) is 6.84. The lowest BCUT2D eigenvalue weighted by molar-refractivity contribution is -0.138. The van der Waals surface area contributed by atoms with Gasteiger partial charge >= 0.3 is 12.1 Å². The van der Waals surface area contributed by atoms with Crippen LogP contribution in [-0.2, 0) is 17.4 Å². The van der Waals surface area contributed by atoms with E-state index in [0.29, 0.717) is 41.0 Å². The van der Waals surface area contributed by atoms with E-state index in [1.165, 1.54) is 6.07 Å². The first-order chi connectivity index (χ1) is 13.2. The van der Waals surface area contributed by atoms with Crippen LogP contribution in [0.4, 0.5) is 13.2 Å². The normalized spacial score (nSPS) is 19.3. The van der Waals surface area contributed by atoms with Crippen molar-refractivity contribution in [2.45, 2.75) is 25.1 Å². The summed E-state index contributed by atoms with van der Waals surface area (Å²) in [7, 11) is 0. The van der Waals surface area contributed by atoms with Crippen molar-refractivity contribution in [3.05, 3.63) is 63.1 Å². The zero-order valence-electron chi connectivity index (χ0n) is 14.3. The Morgan fingerprint density at radius 2 is 2.07 bits per heavy atom. The molecular weight excluding hydrogens is 441 g/mol. The highest BCUT2D eigenvalue weighted by molar-refractivity contribution is 9.10. The summed E-state index contributed by atoms with van der Waals surface area (Å²) in [5.74, 6) is -0.000780. The molecule has 146 valence electrons. The van der Waals surface area contributed by atoms with Crippen LogP contribution in [0.25, 0.3) is 5.57 Å². The van der Waals surface area contributed by atoms with Crippen LogP contribution in [0.3, 0.4) is 0 Å². The highest BCUT2D eigenvalue weighted by Crippen LogP contribution is 2.45. The summed E-state index contributed by atoms with van der Waals surface area (Å²) in [5.41, 5.74) is 1.93. The standard InChI is InChI=1S/C20H14BrF3O4/c21-19-14-4-6-16(13(14)3-5-15(19)20(22,23)24)28-11-1-2-12-10(7-18(25)26)9-27-17(12)8-11/h1-3,5,7-8,16H,4,6,9H2,(H,25,26)/b10-7+/t16-/m1/s1. The van der Waals surface area contributed by atoms with Gasteiger partial charge in [-0.25, -0.2) is 4.79 Å². The molecule has 1 aliphatic carbocycles. The molecule has 0 bridgehead atoms. The Morgan fingerprint density at radius 3 is 2.79 bits per heavy atom. The highest BCUT2D eigenvalue weighted by Gasteiger charge is 2.37. The number of benzene rings is 2. The van der Waals surface area contributed by atoms with Crippen molar-refractivity contribution < 1.29 is 32.5 Å². The Kier molecular flexibility index (Phi) is 4.61. The third-order valence-electron chi connectivity index (χ3n) is 4.85. The summed E-state index contributed by atoms with van der Waals surface area (Å²) in [6, 6.07) is 7.65. The largest absolute Gasteiger partial charge is 0.488 e. The maximum atomic E-state index is 13.1. The van der Waals surface area contributed by atoms with Crippen molar-refractivity contribution in [3.63, 3.8) is 0 Å². The zero-order chi connectivity index (χ0) is 20.1. The van der Waals surface area contributed by atoms with Gasteiger partial charge in [-0.1, -0.05) is 6.07 Å². The number of ether oxygens (including phenoxy) is 2. The van der Waals surface area contributed by atoms with E-state index in [1.54, 1.807) is 18.2 Å². The summed E-state index contributed by atoms with van der Waals surface area (Å²) < 4.78 is 50.8. The van der Waals surface area contributed by atoms with Crippen molar-refractivity contribution >= 4 is 27.5 Å². The third kappa shape index (κ3) is 3.37. The molecule has 4 nitrogen and oxygen atoms in total. The first-order valence-corrected chi connectivity index (χ1v) is 9.29. The van der Waals surface area contributed by atoms with Gasteiger partial charge in [-0.15, -0.1) is 0 Å². The Balaban J connectivity index is 1.58. The van der Waals surface area contributed by atoms with Gasteiger partial charge in [0, 0.05) is 27.8 Å². The van der Waals surface area contributed by atoms with Crippen molar-refractivity contribution in [1.82, 2.24) is 0 Å². The summed E-state index contributed by atoms with van der Waals surface area (Å²) >= 11 is 3.10. The summed E-state index contributed by atoms with van der Waals surface area (Å²) in [6.07, 6.45) is -2.61. The van der Waals surface area contributed by atoms with Gasteiger partial charge in [-0.05, 0) is 58.1 Å².